The van der Waals surface area contributed by atoms with Crippen LogP contribution in [0.1, 0.15) is 19.4 Å². The van der Waals surface area contributed by atoms with Gasteiger partial charge in [-0.2, -0.15) is 15.0 Å². The fourth-order valence-corrected chi connectivity index (χ4v) is 1.84. The Morgan fingerprint density at radius 2 is 1.86 bits per heavy atom. The van der Waals surface area contributed by atoms with Crippen molar-refractivity contribution >= 4 is 11.9 Å². The van der Waals surface area contributed by atoms with Crippen molar-refractivity contribution in [1.29, 1.82) is 0 Å². The summed E-state index contributed by atoms with van der Waals surface area (Å²) in [6.07, 6.45) is 0.901. The van der Waals surface area contributed by atoms with Gasteiger partial charge in [0.05, 0.1) is 6.10 Å². The number of aromatic nitrogens is 3. The van der Waals surface area contributed by atoms with Gasteiger partial charge >= 0.3 is 6.01 Å². The standard InChI is InChI=1S/C15H21N5O/c1-11(2)21-15-18-13(16)17-14(19-15)20(3)10-9-12-7-5-4-6-8-12/h4-8,11H,9-10H2,1-3H3,(H2,16,17,18,19). The van der Waals surface area contributed by atoms with E-state index in [0.29, 0.717) is 5.95 Å². The largest absolute Gasteiger partial charge is 0.461 e. The van der Waals surface area contributed by atoms with Crippen LogP contribution >= 0.6 is 0 Å². The molecule has 112 valence electrons. The Kier molecular flexibility index (Phi) is 4.92. The van der Waals surface area contributed by atoms with Gasteiger partial charge in [-0.15, -0.1) is 0 Å². The summed E-state index contributed by atoms with van der Waals surface area (Å²) >= 11 is 0. The summed E-state index contributed by atoms with van der Waals surface area (Å²) in [4.78, 5) is 14.4. The Morgan fingerprint density at radius 3 is 2.52 bits per heavy atom. The summed E-state index contributed by atoms with van der Waals surface area (Å²) in [7, 11) is 1.93. The molecular formula is C15H21N5O. The molecule has 0 aliphatic heterocycles. The second-order valence-corrected chi connectivity index (χ2v) is 5.10. The average Bonchev–Trinajstić information content (AvgIpc) is 2.44. The van der Waals surface area contributed by atoms with E-state index in [1.54, 1.807) is 0 Å². The Morgan fingerprint density at radius 1 is 1.14 bits per heavy atom. The fourth-order valence-electron chi connectivity index (χ4n) is 1.84. The fraction of sp³-hybridized carbons (Fsp3) is 0.400. The van der Waals surface area contributed by atoms with Crippen LogP contribution in [0.3, 0.4) is 0 Å². The summed E-state index contributed by atoms with van der Waals surface area (Å²) in [5.41, 5.74) is 6.98. The number of hydrogen-bond acceptors (Lipinski definition) is 6. The molecule has 6 heteroatoms. The number of rotatable bonds is 6. The van der Waals surface area contributed by atoms with Gasteiger partial charge in [0.15, 0.2) is 0 Å². The van der Waals surface area contributed by atoms with Crippen molar-refractivity contribution in [3.63, 3.8) is 0 Å². The van der Waals surface area contributed by atoms with Crippen molar-refractivity contribution in [2.75, 3.05) is 24.2 Å². The Labute approximate surface area is 125 Å². The van der Waals surface area contributed by atoms with E-state index in [-0.39, 0.29) is 18.1 Å². The zero-order chi connectivity index (χ0) is 15.2. The highest BCUT2D eigenvalue weighted by atomic mass is 16.5. The molecule has 1 heterocycles. The summed E-state index contributed by atoms with van der Waals surface area (Å²) in [5, 5.41) is 0. The van der Waals surface area contributed by atoms with Crippen LogP contribution in [0, 0.1) is 0 Å². The molecule has 0 amide bonds. The smallest absolute Gasteiger partial charge is 0.323 e. The molecule has 0 spiro atoms. The lowest BCUT2D eigenvalue weighted by molar-refractivity contribution is 0.222. The Bertz CT molecular complexity index is 574. The predicted molar refractivity (Wildman–Crippen MR) is 83.4 cm³/mol. The number of hydrogen-bond donors (Lipinski definition) is 1. The lowest BCUT2D eigenvalue weighted by Crippen LogP contribution is -2.24. The van der Waals surface area contributed by atoms with Crippen LogP contribution in [-0.4, -0.2) is 34.6 Å². The number of nitrogen functional groups attached to an aromatic ring is 1. The molecule has 2 rings (SSSR count). The molecule has 6 nitrogen and oxygen atoms in total. The monoisotopic (exact) mass is 287 g/mol. The molecule has 0 fully saturated rings. The highest BCUT2D eigenvalue weighted by Crippen LogP contribution is 2.14. The van der Waals surface area contributed by atoms with Gasteiger partial charge in [0.25, 0.3) is 0 Å². The molecule has 0 aliphatic carbocycles. The van der Waals surface area contributed by atoms with Gasteiger partial charge in [0, 0.05) is 13.6 Å². The van der Waals surface area contributed by atoms with Crippen molar-refractivity contribution < 1.29 is 4.74 Å². The highest BCUT2D eigenvalue weighted by Gasteiger charge is 2.11. The topological polar surface area (TPSA) is 77.2 Å². The van der Waals surface area contributed by atoms with E-state index in [4.69, 9.17) is 10.5 Å². The highest BCUT2D eigenvalue weighted by molar-refractivity contribution is 5.35. The lowest BCUT2D eigenvalue weighted by Gasteiger charge is -2.18. The maximum Gasteiger partial charge on any atom is 0.323 e. The molecule has 0 radical (unpaired) electrons. The van der Waals surface area contributed by atoms with E-state index in [0.717, 1.165) is 13.0 Å². The van der Waals surface area contributed by atoms with Gasteiger partial charge in [-0.3, -0.25) is 0 Å². The van der Waals surface area contributed by atoms with E-state index < -0.39 is 0 Å². The maximum atomic E-state index is 5.71. The second-order valence-electron chi connectivity index (χ2n) is 5.10. The van der Waals surface area contributed by atoms with E-state index >= 15 is 0 Å². The number of likely N-dealkylation sites (N-methyl/N-ethyl adjacent to an activating group) is 1. The SMILES string of the molecule is CC(C)Oc1nc(N)nc(N(C)CCc2ccccc2)n1. The van der Waals surface area contributed by atoms with Gasteiger partial charge in [-0.1, -0.05) is 30.3 Å². The first-order chi connectivity index (χ1) is 10.0. The second kappa shape index (κ2) is 6.88. The van der Waals surface area contributed by atoms with E-state index in [1.165, 1.54) is 5.56 Å². The zero-order valence-corrected chi connectivity index (χ0v) is 12.7. The molecular weight excluding hydrogens is 266 g/mol. The van der Waals surface area contributed by atoms with Crippen molar-refractivity contribution in [3.05, 3.63) is 35.9 Å². The van der Waals surface area contributed by atoms with Gasteiger partial charge < -0.3 is 15.4 Å². The van der Waals surface area contributed by atoms with Crippen molar-refractivity contribution in [3.8, 4) is 6.01 Å². The van der Waals surface area contributed by atoms with Crippen molar-refractivity contribution in [2.45, 2.75) is 26.4 Å². The minimum atomic E-state index is -0.00530. The first kappa shape index (κ1) is 15.0. The summed E-state index contributed by atoms with van der Waals surface area (Å²) in [6.45, 7) is 4.62. The Hall–Kier alpha value is -2.37. The van der Waals surface area contributed by atoms with Gasteiger partial charge in [-0.05, 0) is 25.8 Å². The van der Waals surface area contributed by atoms with Gasteiger partial charge in [0.1, 0.15) is 0 Å². The number of anilines is 2. The van der Waals surface area contributed by atoms with Crippen LogP contribution in [0.2, 0.25) is 0 Å². The van der Waals surface area contributed by atoms with Crippen LogP contribution in [-0.2, 0) is 6.42 Å². The van der Waals surface area contributed by atoms with Crippen LogP contribution < -0.4 is 15.4 Å². The summed E-state index contributed by atoms with van der Waals surface area (Å²) < 4.78 is 5.48. The first-order valence-corrected chi connectivity index (χ1v) is 6.98. The third kappa shape index (κ3) is 4.59. The van der Waals surface area contributed by atoms with Crippen molar-refractivity contribution in [1.82, 2.24) is 15.0 Å². The number of nitrogens with zero attached hydrogens (tertiary/aromatic N) is 4. The van der Waals surface area contributed by atoms with Gasteiger partial charge in [-0.25, -0.2) is 0 Å². The molecule has 0 unspecified atom stereocenters. The minimum Gasteiger partial charge on any atom is -0.461 e. The van der Waals surface area contributed by atoms with Crippen LogP contribution in [0.4, 0.5) is 11.9 Å². The van der Waals surface area contributed by atoms with Crippen LogP contribution in [0.5, 0.6) is 6.01 Å². The quantitative estimate of drug-likeness (QED) is 0.874. The van der Waals surface area contributed by atoms with Crippen molar-refractivity contribution in [2.24, 2.45) is 0 Å². The van der Waals surface area contributed by atoms with E-state index in [9.17, 15) is 0 Å². The molecule has 0 aliphatic rings. The average molecular weight is 287 g/mol. The molecule has 21 heavy (non-hydrogen) atoms. The molecule has 0 saturated carbocycles. The third-order valence-electron chi connectivity index (χ3n) is 2.88. The maximum absolute atomic E-state index is 5.71. The number of nitrogens with two attached hydrogens (primary N) is 1. The molecule has 1 aromatic carbocycles. The third-order valence-corrected chi connectivity index (χ3v) is 2.88. The van der Waals surface area contributed by atoms with E-state index in [1.807, 2.05) is 44.0 Å². The molecule has 0 saturated heterocycles. The summed E-state index contributed by atoms with van der Waals surface area (Å²) in [6, 6.07) is 10.5. The Balaban J connectivity index is 2.04. The summed E-state index contributed by atoms with van der Waals surface area (Å²) in [5.74, 6) is 0.691. The molecule has 0 atom stereocenters. The van der Waals surface area contributed by atoms with Crippen LogP contribution in [0.25, 0.3) is 0 Å². The molecule has 2 aromatic rings. The minimum absolute atomic E-state index is 0.00530. The number of ether oxygens (including phenoxy) is 1. The molecule has 0 bridgehead atoms. The molecule has 2 N–H and O–H groups in total. The normalized spacial score (nSPS) is 10.7. The van der Waals surface area contributed by atoms with Crippen LogP contribution in [0.15, 0.2) is 30.3 Å². The molecule has 1 aromatic heterocycles. The van der Waals surface area contributed by atoms with Gasteiger partial charge in [0.2, 0.25) is 11.9 Å². The predicted octanol–water partition coefficient (Wildman–Crippen LogP) is 1.92. The van der Waals surface area contributed by atoms with E-state index in [2.05, 4.69) is 27.1 Å². The first-order valence-electron chi connectivity index (χ1n) is 6.98. The zero-order valence-electron chi connectivity index (χ0n) is 12.7. The number of benzene rings is 1. The lowest BCUT2D eigenvalue weighted by atomic mass is 10.1.